The summed E-state index contributed by atoms with van der Waals surface area (Å²) in [5.41, 5.74) is 5.96. The van der Waals surface area contributed by atoms with Crippen LogP contribution >= 0.6 is 0 Å². The zero-order chi connectivity index (χ0) is 12.6. The van der Waals surface area contributed by atoms with Crippen LogP contribution in [0.2, 0.25) is 0 Å². The van der Waals surface area contributed by atoms with Gasteiger partial charge < -0.3 is 10.3 Å². The molecule has 0 spiro atoms. The molecule has 0 radical (unpaired) electrons. The Morgan fingerprint density at radius 1 is 1.53 bits per heavy atom. The molecular weight excluding hydrogens is 240 g/mol. The molecule has 2 rings (SSSR count). The van der Waals surface area contributed by atoms with Crippen molar-refractivity contribution in [2.75, 3.05) is 6.54 Å². The molecule has 2 heterocycles. The van der Waals surface area contributed by atoms with E-state index in [0.29, 0.717) is 6.54 Å². The van der Waals surface area contributed by atoms with Crippen LogP contribution in [-0.2, 0) is 17.1 Å². The number of nitrogens with zero attached hydrogens (tertiary/aromatic N) is 3. The lowest BCUT2D eigenvalue weighted by Gasteiger charge is -2.35. The Kier molecular flexibility index (Phi) is 3.24. The molecule has 0 aromatic carbocycles. The van der Waals surface area contributed by atoms with Crippen molar-refractivity contribution in [3.8, 4) is 0 Å². The number of rotatable bonds is 2. The van der Waals surface area contributed by atoms with Gasteiger partial charge in [0.2, 0.25) is 0 Å². The number of hydrogen-bond donors (Lipinski definition) is 1. The quantitative estimate of drug-likeness (QED) is 0.817. The van der Waals surface area contributed by atoms with Crippen molar-refractivity contribution in [3.05, 3.63) is 12.5 Å². The zero-order valence-corrected chi connectivity index (χ0v) is 10.9. The second-order valence-corrected chi connectivity index (χ2v) is 6.44. The van der Waals surface area contributed by atoms with E-state index < -0.39 is 16.2 Å². The van der Waals surface area contributed by atoms with Gasteiger partial charge in [-0.1, -0.05) is 6.92 Å². The summed E-state index contributed by atoms with van der Waals surface area (Å²) in [6, 6.07) is 0. The molecule has 2 atom stereocenters. The molecule has 2 N–H and O–H groups in total. The molecule has 0 bridgehead atoms. The zero-order valence-electron chi connectivity index (χ0n) is 10.1. The van der Waals surface area contributed by atoms with Crippen LogP contribution < -0.4 is 5.73 Å². The third-order valence-electron chi connectivity index (χ3n) is 3.21. The Morgan fingerprint density at radius 3 is 2.82 bits per heavy atom. The average Bonchev–Trinajstić information content (AvgIpc) is 2.69. The van der Waals surface area contributed by atoms with Crippen LogP contribution in [0, 0.1) is 5.92 Å². The predicted molar refractivity (Wildman–Crippen MR) is 63.5 cm³/mol. The molecule has 0 amide bonds. The molecule has 1 aromatic heterocycles. The molecule has 96 valence electrons. The lowest BCUT2D eigenvalue weighted by molar-refractivity contribution is 0.192. The predicted octanol–water partition coefficient (Wildman–Crippen LogP) is 0.126. The molecule has 1 aromatic rings. The van der Waals surface area contributed by atoms with E-state index in [2.05, 4.69) is 4.98 Å². The minimum Gasteiger partial charge on any atom is -0.339 e. The van der Waals surface area contributed by atoms with Crippen molar-refractivity contribution in [2.45, 2.75) is 31.0 Å². The summed E-state index contributed by atoms with van der Waals surface area (Å²) in [4.78, 5) is 3.90. The Labute approximate surface area is 101 Å². The molecule has 1 fully saturated rings. The Balaban J connectivity index is 2.32. The first kappa shape index (κ1) is 12.5. The highest BCUT2D eigenvalue weighted by molar-refractivity contribution is 7.89. The van der Waals surface area contributed by atoms with Crippen LogP contribution in [0.3, 0.4) is 0 Å². The molecule has 1 aliphatic heterocycles. The number of imidazole rings is 1. The van der Waals surface area contributed by atoms with Crippen LogP contribution in [0.25, 0.3) is 0 Å². The Hall–Kier alpha value is -0.920. The fourth-order valence-corrected chi connectivity index (χ4v) is 3.71. The SMILES string of the molecule is CC1CCCN(S(=O)(=O)c2cn(C)cn2)C1N. The normalized spacial score (nSPS) is 27.2. The van der Waals surface area contributed by atoms with E-state index in [1.165, 1.54) is 16.8 Å². The molecule has 0 saturated carbocycles. The fraction of sp³-hybridized carbons (Fsp3) is 0.700. The first-order chi connectivity index (χ1) is 7.93. The summed E-state index contributed by atoms with van der Waals surface area (Å²) >= 11 is 0. The summed E-state index contributed by atoms with van der Waals surface area (Å²) in [6.45, 7) is 2.45. The van der Waals surface area contributed by atoms with E-state index in [1.54, 1.807) is 11.6 Å². The van der Waals surface area contributed by atoms with Gasteiger partial charge in [-0.2, -0.15) is 4.31 Å². The van der Waals surface area contributed by atoms with Gasteiger partial charge in [0.25, 0.3) is 10.0 Å². The van der Waals surface area contributed by atoms with Crippen LogP contribution in [0.1, 0.15) is 19.8 Å². The van der Waals surface area contributed by atoms with Crippen molar-refractivity contribution in [1.82, 2.24) is 13.9 Å². The molecule has 2 unspecified atom stereocenters. The Bertz CT molecular complexity index is 496. The van der Waals surface area contributed by atoms with Gasteiger partial charge in [-0.15, -0.1) is 0 Å². The first-order valence-corrected chi connectivity index (χ1v) is 7.12. The molecule has 1 aliphatic rings. The lowest BCUT2D eigenvalue weighted by Crippen LogP contribution is -2.52. The maximum Gasteiger partial charge on any atom is 0.263 e. The molecule has 7 heteroatoms. The van der Waals surface area contributed by atoms with Crippen molar-refractivity contribution >= 4 is 10.0 Å². The maximum atomic E-state index is 12.3. The van der Waals surface area contributed by atoms with Crippen molar-refractivity contribution in [1.29, 1.82) is 0 Å². The molecule has 6 nitrogen and oxygen atoms in total. The summed E-state index contributed by atoms with van der Waals surface area (Å²) in [7, 11) is -1.81. The average molecular weight is 258 g/mol. The summed E-state index contributed by atoms with van der Waals surface area (Å²) < 4.78 is 27.6. The second-order valence-electron chi connectivity index (χ2n) is 4.60. The minimum absolute atomic E-state index is 0.0737. The fourth-order valence-electron chi connectivity index (χ4n) is 2.10. The summed E-state index contributed by atoms with van der Waals surface area (Å²) in [5, 5.41) is 0.0737. The number of nitrogens with two attached hydrogens (primary N) is 1. The molecule has 17 heavy (non-hydrogen) atoms. The number of sulfonamides is 1. The first-order valence-electron chi connectivity index (χ1n) is 5.68. The van der Waals surface area contributed by atoms with E-state index in [0.717, 1.165) is 12.8 Å². The number of aromatic nitrogens is 2. The number of piperidine rings is 1. The van der Waals surface area contributed by atoms with Gasteiger partial charge >= 0.3 is 0 Å². The van der Waals surface area contributed by atoms with Gasteiger partial charge in [0, 0.05) is 19.8 Å². The Morgan fingerprint density at radius 2 is 2.24 bits per heavy atom. The highest BCUT2D eigenvalue weighted by atomic mass is 32.2. The number of hydrogen-bond acceptors (Lipinski definition) is 4. The van der Waals surface area contributed by atoms with Gasteiger partial charge in [-0.05, 0) is 18.8 Å². The molecule has 1 saturated heterocycles. The minimum atomic E-state index is -3.55. The molecular formula is C10H18N4O2S. The molecule has 0 aliphatic carbocycles. The van der Waals surface area contributed by atoms with Crippen molar-refractivity contribution < 1.29 is 8.42 Å². The lowest BCUT2D eigenvalue weighted by atomic mass is 9.99. The van der Waals surface area contributed by atoms with Gasteiger partial charge in [0.1, 0.15) is 0 Å². The van der Waals surface area contributed by atoms with Gasteiger partial charge in [0.05, 0.1) is 12.5 Å². The topological polar surface area (TPSA) is 81.2 Å². The monoisotopic (exact) mass is 258 g/mol. The largest absolute Gasteiger partial charge is 0.339 e. The van der Waals surface area contributed by atoms with E-state index in [4.69, 9.17) is 5.73 Å². The van der Waals surface area contributed by atoms with E-state index in [9.17, 15) is 8.42 Å². The van der Waals surface area contributed by atoms with E-state index in [1.807, 2.05) is 6.92 Å². The van der Waals surface area contributed by atoms with Gasteiger partial charge in [-0.3, -0.25) is 0 Å². The summed E-state index contributed by atoms with van der Waals surface area (Å²) in [5.74, 6) is 0.183. The summed E-state index contributed by atoms with van der Waals surface area (Å²) in [6.07, 6.45) is 4.35. The van der Waals surface area contributed by atoms with Crippen LogP contribution in [0.5, 0.6) is 0 Å². The van der Waals surface area contributed by atoms with Gasteiger partial charge in [0.15, 0.2) is 5.03 Å². The van der Waals surface area contributed by atoms with Crippen LogP contribution in [0.15, 0.2) is 17.6 Å². The second kappa shape index (κ2) is 4.40. The maximum absolute atomic E-state index is 12.3. The highest BCUT2D eigenvalue weighted by Gasteiger charge is 2.36. The van der Waals surface area contributed by atoms with E-state index >= 15 is 0 Å². The smallest absolute Gasteiger partial charge is 0.263 e. The highest BCUT2D eigenvalue weighted by Crippen LogP contribution is 2.25. The van der Waals surface area contributed by atoms with Crippen LogP contribution in [-0.4, -0.2) is 35.0 Å². The standard InChI is InChI=1S/C10H18N4O2S/c1-8-4-3-5-14(10(8)11)17(15,16)9-6-13(2)7-12-9/h6-8,10H,3-5,11H2,1-2H3. The third-order valence-corrected chi connectivity index (χ3v) is 4.99. The number of aryl methyl sites for hydroxylation is 1. The van der Waals surface area contributed by atoms with Crippen molar-refractivity contribution in [2.24, 2.45) is 18.7 Å². The van der Waals surface area contributed by atoms with E-state index in [-0.39, 0.29) is 10.9 Å². The van der Waals surface area contributed by atoms with Crippen molar-refractivity contribution in [3.63, 3.8) is 0 Å². The van der Waals surface area contributed by atoms with Crippen LogP contribution in [0.4, 0.5) is 0 Å². The third kappa shape index (κ3) is 2.22. The van der Waals surface area contributed by atoms with Gasteiger partial charge in [-0.25, -0.2) is 13.4 Å².